The molecule has 6 aromatic rings. The largest absolute Gasteiger partial charge is 0.255 e. The van der Waals surface area contributed by atoms with Gasteiger partial charge in [0.05, 0.1) is 5.69 Å². The summed E-state index contributed by atoms with van der Waals surface area (Å²) >= 11 is 0. The van der Waals surface area contributed by atoms with Crippen molar-refractivity contribution in [2.24, 2.45) is 0 Å². The number of hydrogen-bond acceptors (Lipinski definition) is 4. The fourth-order valence-corrected chi connectivity index (χ4v) is 11.4. The number of unbranched alkanes of at least 4 members (excludes halogenated alkanes) is 7. The molecule has 0 atom stereocenters. The van der Waals surface area contributed by atoms with Crippen LogP contribution in [-0.4, -0.2) is 19.9 Å². The van der Waals surface area contributed by atoms with Crippen molar-refractivity contribution in [3.63, 3.8) is 0 Å². The van der Waals surface area contributed by atoms with Crippen molar-refractivity contribution in [3.05, 3.63) is 131 Å². The van der Waals surface area contributed by atoms with Gasteiger partial charge in [-0.2, -0.15) is 0 Å². The maximum absolute atomic E-state index is 5.13. The Morgan fingerprint density at radius 1 is 0.417 bits per heavy atom. The van der Waals surface area contributed by atoms with Crippen LogP contribution in [0.2, 0.25) is 0 Å². The third-order valence-corrected chi connectivity index (χ3v) is 14.6. The monoisotopic (exact) mass is 793 g/mol. The van der Waals surface area contributed by atoms with Crippen molar-refractivity contribution < 1.29 is 0 Å². The molecule has 4 heteroatoms. The van der Waals surface area contributed by atoms with Crippen molar-refractivity contribution in [2.45, 2.75) is 154 Å². The van der Waals surface area contributed by atoms with E-state index in [0.717, 1.165) is 41.6 Å². The predicted octanol–water partition coefficient (Wildman–Crippen LogP) is 15.0. The van der Waals surface area contributed by atoms with Crippen molar-refractivity contribution in [3.8, 4) is 56.5 Å². The average Bonchev–Trinajstić information content (AvgIpc) is 3.87. The Hall–Kier alpha value is -4.96. The second-order valence-corrected chi connectivity index (χ2v) is 18.4. The summed E-state index contributed by atoms with van der Waals surface area (Å²) in [4.78, 5) is 20.4. The molecule has 2 heterocycles. The zero-order valence-corrected chi connectivity index (χ0v) is 36.5. The molecule has 0 spiro atoms. The van der Waals surface area contributed by atoms with E-state index in [4.69, 9.17) is 19.9 Å². The summed E-state index contributed by atoms with van der Waals surface area (Å²) in [5.74, 6) is 2.04. The van der Waals surface area contributed by atoms with Gasteiger partial charge in [0.25, 0.3) is 0 Å². The topological polar surface area (TPSA) is 51.6 Å². The number of benzene rings is 4. The van der Waals surface area contributed by atoms with Gasteiger partial charge in [-0.1, -0.05) is 157 Å². The summed E-state index contributed by atoms with van der Waals surface area (Å²) in [6.07, 6.45) is 25.8. The Kier molecular flexibility index (Phi) is 12.1. The first-order chi connectivity index (χ1) is 29.5. The highest BCUT2D eigenvalue weighted by atomic mass is 15.0. The van der Waals surface area contributed by atoms with Gasteiger partial charge >= 0.3 is 0 Å². The molecular weight excluding hydrogens is 729 g/mol. The number of aryl methyl sites for hydroxylation is 3. The SMILES string of the molecule is CCCCCCc1ccc(-c2nc(-c3ccc(CCCCCC)cc3)nc(-c3ccc(-c4ccc5c(c4)-c4cc(CCCC)ccc4C46CCCC54CCC6)nc3)n2)cc1. The van der Waals surface area contributed by atoms with E-state index in [0.29, 0.717) is 22.9 Å². The van der Waals surface area contributed by atoms with E-state index in [1.54, 1.807) is 11.1 Å². The fourth-order valence-electron chi connectivity index (χ4n) is 11.4. The molecule has 2 aromatic heterocycles. The van der Waals surface area contributed by atoms with Gasteiger partial charge in [0, 0.05) is 39.3 Å². The number of pyridine rings is 1. The van der Waals surface area contributed by atoms with E-state index in [2.05, 4.69) is 118 Å². The van der Waals surface area contributed by atoms with Gasteiger partial charge in [-0.25, -0.2) is 15.0 Å². The van der Waals surface area contributed by atoms with Crippen molar-refractivity contribution >= 4 is 0 Å². The molecule has 0 saturated heterocycles. The molecule has 4 aromatic carbocycles. The molecule has 2 saturated carbocycles. The van der Waals surface area contributed by atoms with E-state index in [1.807, 2.05) is 6.20 Å². The highest BCUT2D eigenvalue weighted by molar-refractivity contribution is 5.83. The van der Waals surface area contributed by atoms with Crippen LogP contribution in [0.15, 0.2) is 103 Å². The Labute approximate surface area is 359 Å². The third-order valence-electron chi connectivity index (χ3n) is 14.6. The van der Waals surface area contributed by atoms with Crippen molar-refractivity contribution in [2.75, 3.05) is 0 Å². The first-order valence-electron chi connectivity index (χ1n) is 23.7. The second kappa shape index (κ2) is 17.9. The van der Waals surface area contributed by atoms with Crippen LogP contribution >= 0.6 is 0 Å². The van der Waals surface area contributed by atoms with E-state index < -0.39 is 0 Å². The van der Waals surface area contributed by atoms with Gasteiger partial charge in [-0.05, 0) is 121 Å². The fraction of sp³-hybridized carbons (Fsp3) is 0.429. The maximum atomic E-state index is 5.13. The number of fused-ring (bicyclic) bond motifs is 3. The van der Waals surface area contributed by atoms with Gasteiger partial charge in [0.2, 0.25) is 0 Å². The van der Waals surface area contributed by atoms with E-state index in [-0.39, 0.29) is 5.41 Å². The second-order valence-electron chi connectivity index (χ2n) is 18.4. The van der Waals surface area contributed by atoms with Crippen LogP contribution in [0.1, 0.15) is 151 Å². The normalized spacial score (nSPS) is 18.9. The minimum absolute atomic E-state index is 0.272. The van der Waals surface area contributed by atoms with Crippen molar-refractivity contribution in [1.29, 1.82) is 0 Å². The molecule has 3 aliphatic carbocycles. The molecule has 0 bridgehead atoms. The molecule has 308 valence electrons. The zero-order chi connectivity index (χ0) is 40.9. The summed E-state index contributed by atoms with van der Waals surface area (Å²) in [5, 5.41) is 0. The van der Waals surface area contributed by atoms with Crippen LogP contribution < -0.4 is 0 Å². The van der Waals surface area contributed by atoms with Crippen LogP contribution in [0.25, 0.3) is 56.5 Å². The number of hydrogen-bond donors (Lipinski definition) is 0. The first kappa shape index (κ1) is 40.4. The van der Waals surface area contributed by atoms with Crippen LogP contribution in [0, 0.1) is 0 Å². The first-order valence-corrected chi connectivity index (χ1v) is 23.7. The number of nitrogens with zero attached hydrogens (tertiary/aromatic N) is 4. The van der Waals surface area contributed by atoms with Gasteiger partial charge in [-0.3, -0.25) is 4.98 Å². The lowest BCUT2D eigenvalue weighted by molar-refractivity contribution is 0.299. The molecule has 0 radical (unpaired) electrons. The van der Waals surface area contributed by atoms with E-state index >= 15 is 0 Å². The van der Waals surface area contributed by atoms with Gasteiger partial charge in [0.15, 0.2) is 17.5 Å². The third kappa shape index (κ3) is 7.76. The molecule has 0 aliphatic heterocycles. The molecule has 0 unspecified atom stereocenters. The average molecular weight is 793 g/mol. The van der Waals surface area contributed by atoms with Gasteiger partial charge < -0.3 is 0 Å². The lowest BCUT2D eigenvalue weighted by atomic mass is 9.55. The summed E-state index contributed by atoms with van der Waals surface area (Å²) in [5.41, 5.74) is 16.0. The Bertz CT molecular complexity index is 2310. The van der Waals surface area contributed by atoms with Gasteiger partial charge in [-0.15, -0.1) is 0 Å². The van der Waals surface area contributed by atoms with Crippen LogP contribution in [0.3, 0.4) is 0 Å². The molecule has 3 aliphatic rings. The maximum Gasteiger partial charge on any atom is 0.165 e. The van der Waals surface area contributed by atoms with Crippen LogP contribution in [0.5, 0.6) is 0 Å². The molecule has 0 N–H and O–H groups in total. The minimum atomic E-state index is 0.272. The molecule has 60 heavy (non-hydrogen) atoms. The quantitative estimate of drug-likeness (QED) is 0.0863. The highest BCUT2D eigenvalue weighted by Crippen LogP contribution is 2.69. The van der Waals surface area contributed by atoms with E-state index in [1.165, 1.54) is 136 Å². The number of aromatic nitrogens is 4. The smallest absolute Gasteiger partial charge is 0.165 e. The summed E-state index contributed by atoms with van der Waals surface area (Å²) in [6.45, 7) is 6.83. The standard InChI is InChI=1S/C56H64N4/c1-4-7-10-12-17-40-19-24-43(25-20-40)52-58-53(44-26-21-41(22-27-44)18-13-11-8-5-2)60-54(59-52)46-29-32-51(57-39-46)45-28-31-50-48(38-45)47-37-42(16-9-6-3)23-30-49(47)55-33-14-35-56(50,55)36-15-34-55/h19-32,37-39H,4-18,33-36H2,1-3H3. The number of rotatable bonds is 17. The molecular formula is C56H64N4. The molecule has 4 nitrogen and oxygen atoms in total. The Morgan fingerprint density at radius 2 is 0.867 bits per heavy atom. The lowest BCUT2D eigenvalue weighted by Gasteiger charge is -2.48. The Morgan fingerprint density at radius 3 is 1.38 bits per heavy atom. The van der Waals surface area contributed by atoms with Crippen LogP contribution in [-0.2, 0) is 30.1 Å². The summed E-state index contributed by atoms with van der Waals surface area (Å²) in [6, 6.07) is 36.9. The molecule has 2 fully saturated rings. The molecule has 0 amide bonds. The van der Waals surface area contributed by atoms with Crippen molar-refractivity contribution in [1.82, 2.24) is 19.9 Å². The van der Waals surface area contributed by atoms with Gasteiger partial charge in [0.1, 0.15) is 0 Å². The van der Waals surface area contributed by atoms with E-state index in [9.17, 15) is 0 Å². The Balaban J connectivity index is 1.04. The zero-order valence-electron chi connectivity index (χ0n) is 36.5. The highest BCUT2D eigenvalue weighted by Gasteiger charge is 2.62. The predicted molar refractivity (Wildman–Crippen MR) is 250 cm³/mol. The van der Waals surface area contributed by atoms with Crippen LogP contribution in [0.4, 0.5) is 0 Å². The lowest BCUT2D eigenvalue weighted by Crippen LogP contribution is -2.43. The summed E-state index contributed by atoms with van der Waals surface area (Å²) in [7, 11) is 0. The molecule has 9 rings (SSSR count). The minimum Gasteiger partial charge on any atom is -0.255 e. The summed E-state index contributed by atoms with van der Waals surface area (Å²) < 4.78 is 0.